The summed E-state index contributed by atoms with van der Waals surface area (Å²) >= 11 is 5.76. The number of halogens is 2. The highest BCUT2D eigenvalue weighted by Gasteiger charge is 1.95. The Morgan fingerprint density at radius 1 is 1.00 bits per heavy atom. The van der Waals surface area contributed by atoms with Gasteiger partial charge in [0.25, 0.3) is 0 Å². The van der Waals surface area contributed by atoms with E-state index in [-0.39, 0.29) is 0 Å². The van der Waals surface area contributed by atoms with Crippen LogP contribution in [0.15, 0.2) is 24.3 Å². The van der Waals surface area contributed by atoms with Crippen molar-refractivity contribution in [2.24, 2.45) is 0 Å². The van der Waals surface area contributed by atoms with E-state index in [0.717, 1.165) is 17.7 Å². The highest BCUT2D eigenvalue weighted by Crippen LogP contribution is 2.15. The number of unbranched alkanes of at least 4 members (excludes halogenated alkanes) is 5. The van der Waals surface area contributed by atoms with Crippen molar-refractivity contribution < 1.29 is 4.74 Å². The van der Waals surface area contributed by atoms with Gasteiger partial charge in [0.05, 0.1) is 6.61 Å². The van der Waals surface area contributed by atoms with Gasteiger partial charge in [-0.2, -0.15) is 0 Å². The molecular formula is C14H20BrIO. The Hall–Kier alpha value is 0.230. The Kier molecular flexibility index (Phi) is 9.16. The van der Waals surface area contributed by atoms with E-state index in [2.05, 4.69) is 50.7 Å². The fraction of sp³-hybridized carbons (Fsp3) is 0.571. The third-order valence-electron chi connectivity index (χ3n) is 2.59. The lowest BCUT2D eigenvalue weighted by Crippen LogP contribution is -1.97. The molecule has 17 heavy (non-hydrogen) atoms. The Labute approximate surface area is 127 Å². The van der Waals surface area contributed by atoms with Crippen LogP contribution in [0.2, 0.25) is 0 Å². The van der Waals surface area contributed by atoms with E-state index < -0.39 is 0 Å². The first-order valence-electron chi connectivity index (χ1n) is 6.27. The van der Waals surface area contributed by atoms with Crippen LogP contribution < -0.4 is 4.74 Å². The van der Waals surface area contributed by atoms with Crippen molar-refractivity contribution in [1.82, 2.24) is 0 Å². The lowest BCUT2D eigenvalue weighted by Gasteiger charge is -2.06. The van der Waals surface area contributed by atoms with Crippen molar-refractivity contribution in [3.05, 3.63) is 27.8 Å². The van der Waals surface area contributed by atoms with E-state index in [4.69, 9.17) is 4.74 Å². The second-order valence-corrected chi connectivity index (χ2v) is 6.15. The minimum Gasteiger partial charge on any atom is -0.494 e. The summed E-state index contributed by atoms with van der Waals surface area (Å²) in [6.45, 7) is 0.846. The van der Waals surface area contributed by atoms with Crippen molar-refractivity contribution in [3.63, 3.8) is 0 Å². The lowest BCUT2D eigenvalue weighted by molar-refractivity contribution is 0.304. The Morgan fingerprint density at radius 3 is 2.41 bits per heavy atom. The molecule has 0 aromatic heterocycles. The van der Waals surface area contributed by atoms with Gasteiger partial charge >= 0.3 is 0 Å². The molecule has 0 saturated heterocycles. The maximum absolute atomic E-state index is 5.70. The van der Waals surface area contributed by atoms with Crippen molar-refractivity contribution in [2.45, 2.75) is 38.5 Å². The van der Waals surface area contributed by atoms with Gasteiger partial charge in [0.15, 0.2) is 0 Å². The molecule has 0 N–H and O–H groups in total. The molecule has 0 spiro atoms. The average Bonchev–Trinajstić information content (AvgIpc) is 2.33. The highest BCUT2D eigenvalue weighted by atomic mass is 127. The molecule has 0 unspecified atom stereocenters. The van der Waals surface area contributed by atoms with E-state index in [1.165, 1.54) is 42.1 Å². The van der Waals surface area contributed by atoms with E-state index in [9.17, 15) is 0 Å². The molecule has 0 saturated carbocycles. The molecule has 0 fully saturated rings. The maximum Gasteiger partial charge on any atom is 0.120 e. The van der Waals surface area contributed by atoms with Gasteiger partial charge < -0.3 is 4.74 Å². The zero-order valence-electron chi connectivity index (χ0n) is 10.1. The van der Waals surface area contributed by atoms with Gasteiger partial charge in [0.1, 0.15) is 5.75 Å². The van der Waals surface area contributed by atoms with Crippen LogP contribution in [0.4, 0.5) is 0 Å². The molecule has 0 heterocycles. The van der Waals surface area contributed by atoms with E-state index >= 15 is 0 Å². The number of ether oxygens (including phenoxy) is 1. The summed E-state index contributed by atoms with van der Waals surface area (Å²) in [7, 11) is 0. The predicted octanol–water partition coefficient (Wildman–Crippen LogP) is 5.41. The topological polar surface area (TPSA) is 9.23 Å². The Morgan fingerprint density at radius 2 is 1.71 bits per heavy atom. The van der Waals surface area contributed by atoms with Crippen LogP contribution in [0.5, 0.6) is 5.75 Å². The Balaban J connectivity index is 1.97. The minimum atomic E-state index is 0.846. The third-order valence-corrected chi connectivity index (χ3v) is 3.82. The second-order valence-electron chi connectivity index (χ2n) is 4.12. The molecule has 1 nitrogen and oxygen atoms in total. The van der Waals surface area contributed by atoms with Crippen LogP contribution in [-0.4, -0.2) is 11.9 Å². The zero-order chi connectivity index (χ0) is 12.3. The molecule has 0 aliphatic rings. The fourth-order valence-corrected chi connectivity index (χ4v) is 2.56. The number of alkyl halides is 1. The van der Waals surface area contributed by atoms with Crippen LogP contribution in [0.1, 0.15) is 38.5 Å². The number of benzene rings is 1. The summed E-state index contributed by atoms with van der Waals surface area (Å²) in [6.07, 6.45) is 7.80. The largest absolute Gasteiger partial charge is 0.494 e. The summed E-state index contributed by atoms with van der Waals surface area (Å²) < 4.78 is 6.93. The Bertz CT molecular complexity index is 304. The molecule has 0 atom stereocenters. The normalized spacial score (nSPS) is 10.5. The fourth-order valence-electron chi connectivity index (χ4n) is 1.65. The van der Waals surface area contributed by atoms with E-state index in [1.807, 2.05) is 12.1 Å². The van der Waals surface area contributed by atoms with Crippen LogP contribution in [0, 0.1) is 3.57 Å². The van der Waals surface area contributed by atoms with Gasteiger partial charge in [0.2, 0.25) is 0 Å². The minimum absolute atomic E-state index is 0.846. The van der Waals surface area contributed by atoms with Crippen molar-refractivity contribution in [2.75, 3.05) is 11.9 Å². The molecule has 3 heteroatoms. The molecule has 0 aliphatic heterocycles. The van der Waals surface area contributed by atoms with Crippen LogP contribution in [0.3, 0.4) is 0 Å². The van der Waals surface area contributed by atoms with Gasteiger partial charge in [-0.15, -0.1) is 0 Å². The molecule has 96 valence electrons. The lowest BCUT2D eigenvalue weighted by atomic mass is 10.1. The first kappa shape index (κ1) is 15.3. The van der Waals surface area contributed by atoms with Crippen molar-refractivity contribution >= 4 is 38.5 Å². The first-order valence-corrected chi connectivity index (χ1v) is 8.47. The average molecular weight is 411 g/mol. The van der Waals surface area contributed by atoms with Gasteiger partial charge in [0, 0.05) is 8.90 Å². The van der Waals surface area contributed by atoms with Gasteiger partial charge in [-0.3, -0.25) is 0 Å². The molecule has 0 radical (unpaired) electrons. The van der Waals surface area contributed by atoms with E-state index in [0.29, 0.717) is 0 Å². The molecule has 0 bridgehead atoms. The standard InChI is InChI=1S/C14H20BrIO/c15-10-5-3-1-2-4-6-11-17-14-9-7-8-13(16)12-14/h7-9,12H,1-6,10-11H2. The molecular weight excluding hydrogens is 391 g/mol. The zero-order valence-corrected chi connectivity index (χ0v) is 13.9. The van der Waals surface area contributed by atoms with Crippen LogP contribution >= 0.6 is 38.5 Å². The predicted molar refractivity (Wildman–Crippen MR) is 86.2 cm³/mol. The maximum atomic E-state index is 5.70. The number of rotatable bonds is 9. The second kappa shape index (κ2) is 10.2. The van der Waals surface area contributed by atoms with Crippen LogP contribution in [0.25, 0.3) is 0 Å². The third kappa shape index (κ3) is 8.03. The number of hydrogen-bond acceptors (Lipinski definition) is 1. The first-order chi connectivity index (χ1) is 8.33. The quantitative estimate of drug-likeness (QED) is 0.300. The summed E-state index contributed by atoms with van der Waals surface area (Å²) in [4.78, 5) is 0. The van der Waals surface area contributed by atoms with Gasteiger partial charge in [-0.05, 0) is 53.6 Å². The molecule has 0 amide bonds. The highest BCUT2D eigenvalue weighted by molar-refractivity contribution is 14.1. The summed E-state index contributed by atoms with van der Waals surface area (Å²) in [5, 5.41) is 1.14. The van der Waals surface area contributed by atoms with Crippen molar-refractivity contribution in [1.29, 1.82) is 0 Å². The summed E-state index contributed by atoms with van der Waals surface area (Å²) in [6, 6.07) is 8.23. The molecule has 1 aromatic rings. The monoisotopic (exact) mass is 410 g/mol. The van der Waals surface area contributed by atoms with Gasteiger partial charge in [-0.25, -0.2) is 0 Å². The van der Waals surface area contributed by atoms with Crippen LogP contribution in [-0.2, 0) is 0 Å². The summed E-state index contributed by atoms with van der Waals surface area (Å²) in [5.41, 5.74) is 0. The SMILES string of the molecule is BrCCCCCCCCOc1cccc(I)c1. The summed E-state index contributed by atoms with van der Waals surface area (Å²) in [5.74, 6) is 0.996. The van der Waals surface area contributed by atoms with Crippen molar-refractivity contribution in [3.8, 4) is 5.75 Å². The number of hydrogen-bond donors (Lipinski definition) is 0. The van der Waals surface area contributed by atoms with Gasteiger partial charge in [-0.1, -0.05) is 47.7 Å². The molecule has 0 aliphatic carbocycles. The smallest absolute Gasteiger partial charge is 0.120 e. The molecule has 1 aromatic carbocycles. The molecule has 1 rings (SSSR count). The van der Waals surface area contributed by atoms with E-state index in [1.54, 1.807) is 0 Å².